The molecule has 0 saturated carbocycles. The second-order valence-electron chi connectivity index (χ2n) is 6.22. The van der Waals surface area contributed by atoms with Crippen molar-refractivity contribution < 1.29 is 32.3 Å². The van der Waals surface area contributed by atoms with Crippen molar-refractivity contribution in [2.24, 2.45) is 5.92 Å². The van der Waals surface area contributed by atoms with E-state index in [4.69, 9.17) is 9.47 Å². The van der Waals surface area contributed by atoms with Gasteiger partial charge in [0.2, 0.25) is 5.91 Å². The highest BCUT2D eigenvalue weighted by Gasteiger charge is 2.31. The number of hydrogen-bond acceptors (Lipinski definition) is 8. The summed E-state index contributed by atoms with van der Waals surface area (Å²) in [6.45, 7) is 5.25. The lowest BCUT2D eigenvalue weighted by Gasteiger charge is -2.09. The maximum absolute atomic E-state index is 12.4. The fraction of sp³-hybridized carbons (Fsp3) is 0.588. The van der Waals surface area contributed by atoms with Crippen molar-refractivity contribution in [2.45, 2.75) is 33.6 Å². The summed E-state index contributed by atoms with van der Waals surface area (Å²) in [5.74, 6) is -1.79. The Kier molecular flexibility index (Phi) is 6.99. The number of rotatable bonds is 7. The third-order valence-electron chi connectivity index (χ3n) is 4.14. The minimum atomic E-state index is -3.08. The highest BCUT2D eigenvalue weighted by Crippen LogP contribution is 2.35. The molecule has 1 aromatic rings. The number of thiophene rings is 1. The fourth-order valence-corrected chi connectivity index (χ4v) is 5.88. The van der Waals surface area contributed by atoms with Crippen LogP contribution >= 0.6 is 11.3 Å². The van der Waals surface area contributed by atoms with Crippen LogP contribution in [0.5, 0.6) is 0 Å². The number of esters is 2. The first-order valence-corrected chi connectivity index (χ1v) is 11.3. The number of carbonyl (C=O) groups is 3. The molecule has 1 aromatic heterocycles. The van der Waals surface area contributed by atoms with Crippen LogP contribution in [-0.2, 0) is 24.1 Å². The van der Waals surface area contributed by atoms with Gasteiger partial charge in [-0.3, -0.25) is 4.79 Å². The molecule has 0 spiro atoms. The van der Waals surface area contributed by atoms with E-state index in [-0.39, 0.29) is 52.5 Å². The summed E-state index contributed by atoms with van der Waals surface area (Å²) in [6.07, 6.45) is 0.477. The van der Waals surface area contributed by atoms with Gasteiger partial charge < -0.3 is 14.8 Å². The molecule has 1 aliphatic heterocycles. The molecule has 10 heteroatoms. The molecule has 1 aliphatic rings. The smallest absolute Gasteiger partial charge is 0.348 e. The highest BCUT2D eigenvalue weighted by molar-refractivity contribution is 7.91. The van der Waals surface area contributed by atoms with Gasteiger partial charge in [-0.2, -0.15) is 0 Å². The van der Waals surface area contributed by atoms with Crippen LogP contribution < -0.4 is 5.32 Å². The van der Waals surface area contributed by atoms with E-state index in [1.165, 1.54) is 0 Å². The van der Waals surface area contributed by atoms with Crippen LogP contribution in [0.1, 0.15) is 52.3 Å². The Morgan fingerprint density at radius 1 is 1.15 bits per heavy atom. The van der Waals surface area contributed by atoms with Gasteiger partial charge in [0.1, 0.15) is 9.88 Å². The fourth-order valence-electron chi connectivity index (χ4n) is 2.91. The minimum absolute atomic E-state index is 0.0112. The Bertz CT molecular complexity index is 842. The molecular weight excluding hydrogens is 394 g/mol. The first kappa shape index (κ1) is 21.4. The van der Waals surface area contributed by atoms with Gasteiger partial charge in [0.05, 0.1) is 30.3 Å². The maximum atomic E-state index is 12.4. The Hall–Kier alpha value is -1.94. The number of ether oxygens (including phenoxy) is 2. The normalized spacial score (nSPS) is 18.1. The molecule has 0 aliphatic carbocycles. The monoisotopic (exact) mass is 417 g/mol. The Balaban J connectivity index is 2.23. The number of hydrogen-bond donors (Lipinski definition) is 1. The number of nitrogens with one attached hydrogen (secondary N) is 1. The van der Waals surface area contributed by atoms with Gasteiger partial charge in [-0.15, -0.1) is 11.3 Å². The van der Waals surface area contributed by atoms with Crippen LogP contribution in [0.15, 0.2) is 0 Å². The van der Waals surface area contributed by atoms with Gasteiger partial charge in [0.15, 0.2) is 9.84 Å². The molecule has 0 radical (unpaired) electrons. The largest absolute Gasteiger partial charge is 0.462 e. The first-order chi connectivity index (χ1) is 12.7. The van der Waals surface area contributed by atoms with E-state index in [1.807, 2.05) is 0 Å². The van der Waals surface area contributed by atoms with Crippen LogP contribution in [0, 0.1) is 12.8 Å². The predicted molar refractivity (Wildman–Crippen MR) is 101 cm³/mol. The molecule has 1 N–H and O–H groups in total. The van der Waals surface area contributed by atoms with E-state index < -0.39 is 27.7 Å². The summed E-state index contributed by atoms with van der Waals surface area (Å²) in [4.78, 5) is 37.0. The first-order valence-electron chi connectivity index (χ1n) is 8.66. The Morgan fingerprint density at radius 3 is 2.33 bits per heavy atom. The third-order valence-corrected chi connectivity index (χ3v) is 7.17. The highest BCUT2D eigenvalue weighted by atomic mass is 32.2. The van der Waals surface area contributed by atoms with Gasteiger partial charge in [-0.05, 0) is 38.7 Å². The van der Waals surface area contributed by atoms with Crippen molar-refractivity contribution >= 4 is 44.0 Å². The van der Waals surface area contributed by atoms with E-state index in [2.05, 4.69) is 5.32 Å². The molecule has 2 heterocycles. The SMILES string of the molecule is CCOC(=O)c1sc(NC(=O)C[C@@H]2CCS(=O)(=O)C2)c(C(=O)OCC)c1C. The van der Waals surface area contributed by atoms with Crippen LogP contribution in [0.25, 0.3) is 0 Å². The van der Waals surface area contributed by atoms with Crippen molar-refractivity contribution in [3.63, 3.8) is 0 Å². The summed E-state index contributed by atoms with van der Waals surface area (Å²) in [5, 5.41) is 2.85. The van der Waals surface area contributed by atoms with E-state index in [0.717, 1.165) is 11.3 Å². The van der Waals surface area contributed by atoms with Crippen LogP contribution in [-0.4, -0.2) is 51.0 Å². The molecule has 1 atom stereocenters. The maximum Gasteiger partial charge on any atom is 0.348 e. The molecule has 0 bridgehead atoms. The summed E-state index contributed by atoms with van der Waals surface area (Å²) in [7, 11) is -3.08. The van der Waals surface area contributed by atoms with E-state index >= 15 is 0 Å². The lowest BCUT2D eigenvalue weighted by atomic mass is 10.1. The van der Waals surface area contributed by atoms with E-state index in [1.54, 1.807) is 20.8 Å². The average Bonchev–Trinajstić information content (AvgIpc) is 3.07. The van der Waals surface area contributed by atoms with Gasteiger partial charge in [0.25, 0.3) is 0 Å². The van der Waals surface area contributed by atoms with Gasteiger partial charge >= 0.3 is 11.9 Å². The zero-order chi connectivity index (χ0) is 20.2. The zero-order valence-electron chi connectivity index (χ0n) is 15.5. The summed E-state index contributed by atoms with van der Waals surface area (Å²) in [5.41, 5.74) is 0.507. The quantitative estimate of drug-likeness (QED) is 0.676. The van der Waals surface area contributed by atoms with E-state index in [9.17, 15) is 22.8 Å². The standard InChI is InChI=1S/C17H23NO7S2/c1-4-24-16(20)13-10(3)14(17(21)25-5-2)26-15(13)18-12(19)8-11-6-7-27(22,23)9-11/h11H,4-9H2,1-3H3,(H,18,19)/t11-/m0/s1. The van der Waals surface area contributed by atoms with Crippen molar-refractivity contribution in [2.75, 3.05) is 30.0 Å². The minimum Gasteiger partial charge on any atom is -0.462 e. The molecule has 8 nitrogen and oxygen atoms in total. The van der Waals surface area contributed by atoms with Crippen molar-refractivity contribution in [3.8, 4) is 0 Å². The molecule has 150 valence electrons. The number of sulfone groups is 1. The number of carbonyl (C=O) groups excluding carboxylic acids is 3. The average molecular weight is 418 g/mol. The predicted octanol–water partition coefficient (Wildman–Crippen LogP) is 2.17. The molecule has 1 amide bonds. The third kappa shape index (κ3) is 5.29. The van der Waals surface area contributed by atoms with Crippen molar-refractivity contribution in [1.29, 1.82) is 0 Å². The topological polar surface area (TPSA) is 116 Å². The van der Waals surface area contributed by atoms with Crippen LogP contribution in [0.3, 0.4) is 0 Å². The van der Waals surface area contributed by atoms with Gasteiger partial charge in [-0.1, -0.05) is 0 Å². The summed E-state index contributed by atoms with van der Waals surface area (Å²) in [6, 6.07) is 0. The Labute approximate surface area is 162 Å². The number of amides is 1. The molecule has 1 saturated heterocycles. The summed E-state index contributed by atoms with van der Waals surface area (Å²) >= 11 is 0.949. The molecule has 1 fully saturated rings. The molecule has 0 unspecified atom stereocenters. The second-order valence-corrected chi connectivity index (χ2v) is 9.47. The summed E-state index contributed by atoms with van der Waals surface area (Å²) < 4.78 is 33.1. The zero-order valence-corrected chi connectivity index (χ0v) is 17.1. The Morgan fingerprint density at radius 2 is 1.78 bits per heavy atom. The van der Waals surface area contributed by atoms with Crippen LogP contribution in [0.4, 0.5) is 5.00 Å². The van der Waals surface area contributed by atoms with Crippen LogP contribution in [0.2, 0.25) is 0 Å². The molecular formula is C17H23NO7S2. The molecule has 0 aromatic carbocycles. The number of anilines is 1. The lowest BCUT2D eigenvalue weighted by molar-refractivity contribution is -0.116. The van der Waals surface area contributed by atoms with Gasteiger partial charge in [-0.25, -0.2) is 18.0 Å². The van der Waals surface area contributed by atoms with Gasteiger partial charge in [0, 0.05) is 6.42 Å². The van der Waals surface area contributed by atoms with Crippen molar-refractivity contribution in [3.05, 3.63) is 16.0 Å². The van der Waals surface area contributed by atoms with Crippen molar-refractivity contribution in [1.82, 2.24) is 0 Å². The lowest BCUT2D eigenvalue weighted by Crippen LogP contribution is -2.18. The second kappa shape index (κ2) is 8.83. The molecule has 27 heavy (non-hydrogen) atoms. The molecule has 2 rings (SSSR count). The van der Waals surface area contributed by atoms with E-state index in [0.29, 0.717) is 12.0 Å².